The molecule has 0 nitrogen and oxygen atoms in total. The van der Waals surface area contributed by atoms with Gasteiger partial charge in [-0.25, -0.2) is 0 Å². The number of hydrogen-bond donors (Lipinski definition) is 0. The summed E-state index contributed by atoms with van der Waals surface area (Å²) in [6.07, 6.45) is 3.46. The fourth-order valence-corrected chi connectivity index (χ4v) is 2.42. The molecule has 0 spiro atoms. The standard InChI is InChI=1S/C12H19P.BrH/c1-4-9-7-8-12(13)11(6-3)10(9)5-2;/h7-8H,4-6,13H2,1-3H3;1H. The maximum Gasteiger partial charge on any atom is -0.0268 e. The Hall–Kier alpha value is 0.130. The molecule has 14 heavy (non-hydrogen) atoms. The van der Waals surface area contributed by atoms with Gasteiger partial charge in [-0.05, 0) is 41.3 Å². The molecule has 0 amide bonds. The lowest BCUT2D eigenvalue weighted by Crippen LogP contribution is -2.08. The van der Waals surface area contributed by atoms with E-state index in [1.54, 1.807) is 5.56 Å². The van der Waals surface area contributed by atoms with Crippen molar-refractivity contribution in [3.05, 3.63) is 28.8 Å². The fraction of sp³-hybridized carbons (Fsp3) is 0.500. The summed E-state index contributed by atoms with van der Waals surface area (Å²) < 4.78 is 0. The van der Waals surface area contributed by atoms with Gasteiger partial charge in [0, 0.05) is 0 Å². The Bertz CT molecular complexity index is 295. The summed E-state index contributed by atoms with van der Waals surface area (Å²) in [5.74, 6) is 0. The van der Waals surface area contributed by atoms with Crippen molar-refractivity contribution in [2.24, 2.45) is 0 Å². The third-order valence-corrected chi connectivity index (χ3v) is 3.19. The summed E-state index contributed by atoms with van der Waals surface area (Å²) in [5, 5.41) is 1.37. The SMILES string of the molecule is Br.CCc1ccc(P)c(CC)c1CC. The minimum Gasteiger partial charge on any atom is -0.114 e. The van der Waals surface area contributed by atoms with E-state index >= 15 is 0 Å². The van der Waals surface area contributed by atoms with Crippen molar-refractivity contribution >= 4 is 31.5 Å². The zero-order chi connectivity index (χ0) is 9.84. The first-order chi connectivity index (χ1) is 6.24. The van der Waals surface area contributed by atoms with E-state index in [1.807, 2.05) is 0 Å². The van der Waals surface area contributed by atoms with E-state index in [2.05, 4.69) is 42.1 Å². The maximum absolute atomic E-state index is 2.84. The van der Waals surface area contributed by atoms with E-state index in [9.17, 15) is 0 Å². The van der Waals surface area contributed by atoms with Crippen molar-refractivity contribution in [1.82, 2.24) is 0 Å². The van der Waals surface area contributed by atoms with Crippen LogP contribution in [0.25, 0.3) is 0 Å². The summed E-state index contributed by atoms with van der Waals surface area (Å²) in [7, 11) is 2.84. The second-order valence-corrected chi connectivity index (χ2v) is 3.95. The number of hydrogen-bond acceptors (Lipinski definition) is 0. The average molecular weight is 275 g/mol. The molecule has 0 aliphatic heterocycles. The number of aryl methyl sites for hydroxylation is 1. The van der Waals surface area contributed by atoms with E-state index in [0.717, 1.165) is 19.3 Å². The van der Waals surface area contributed by atoms with Gasteiger partial charge in [0.15, 0.2) is 0 Å². The predicted octanol–water partition coefficient (Wildman–Crippen LogP) is 3.45. The Morgan fingerprint density at radius 1 is 0.929 bits per heavy atom. The Kier molecular flexibility index (Phi) is 6.64. The summed E-state index contributed by atoms with van der Waals surface area (Å²) in [5.41, 5.74) is 4.62. The van der Waals surface area contributed by atoms with Crippen LogP contribution in [0.5, 0.6) is 0 Å². The van der Waals surface area contributed by atoms with Crippen LogP contribution in [-0.2, 0) is 19.3 Å². The van der Waals surface area contributed by atoms with E-state index in [4.69, 9.17) is 0 Å². The van der Waals surface area contributed by atoms with E-state index in [0.29, 0.717) is 0 Å². The fourth-order valence-electron chi connectivity index (χ4n) is 1.95. The molecule has 80 valence electrons. The second-order valence-electron chi connectivity index (χ2n) is 3.33. The van der Waals surface area contributed by atoms with Crippen LogP contribution in [0.3, 0.4) is 0 Å². The number of rotatable bonds is 3. The largest absolute Gasteiger partial charge is 0.114 e. The van der Waals surface area contributed by atoms with Gasteiger partial charge in [-0.15, -0.1) is 26.2 Å². The van der Waals surface area contributed by atoms with Crippen molar-refractivity contribution in [2.75, 3.05) is 0 Å². The van der Waals surface area contributed by atoms with Crippen molar-refractivity contribution in [1.29, 1.82) is 0 Å². The first kappa shape index (κ1) is 14.1. The van der Waals surface area contributed by atoms with Crippen molar-refractivity contribution in [3.8, 4) is 0 Å². The number of halogens is 1. The molecule has 0 heterocycles. The Morgan fingerprint density at radius 2 is 1.50 bits per heavy atom. The topological polar surface area (TPSA) is 0 Å². The van der Waals surface area contributed by atoms with Crippen molar-refractivity contribution < 1.29 is 0 Å². The highest BCUT2D eigenvalue weighted by Crippen LogP contribution is 2.17. The number of benzene rings is 1. The van der Waals surface area contributed by atoms with Crippen LogP contribution < -0.4 is 5.30 Å². The van der Waals surface area contributed by atoms with E-state index in [1.165, 1.54) is 16.4 Å². The highest BCUT2D eigenvalue weighted by Gasteiger charge is 2.06. The molecule has 1 aromatic rings. The zero-order valence-electron chi connectivity index (χ0n) is 9.26. The molecule has 0 aromatic heterocycles. The molecular formula is C12H20BrP. The van der Waals surface area contributed by atoms with Crippen molar-refractivity contribution in [3.63, 3.8) is 0 Å². The highest BCUT2D eigenvalue weighted by molar-refractivity contribution is 8.93. The smallest absolute Gasteiger partial charge is 0.0268 e. The molecule has 1 atom stereocenters. The molecule has 0 fully saturated rings. The molecule has 0 bridgehead atoms. The summed E-state index contributed by atoms with van der Waals surface area (Å²) in [6.45, 7) is 6.72. The molecule has 0 radical (unpaired) electrons. The summed E-state index contributed by atoms with van der Waals surface area (Å²) in [4.78, 5) is 0. The Labute approximate surface area is 100 Å². The summed E-state index contributed by atoms with van der Waals surface area (Å²) in [6, 6.07) is 4.49. The predicted molar refractivity (Wildman–Crippen MR) is 74.2 cm³/mol. The molecule has 2 heteroatoms. The van der Waals surface area contributed by atoms with Gasteiger partial charge >= 0.3 is 0 Å². The van der Waals surface area contributed by atoms with Gasteiger partial charge in [0.1, 0.15) is 0 Å². The normalized spacial score (nSPS) is 9.71. The molecule has 0 saturated heterocycles. The average Bonchev–Trinajstić information content (AvgIpc) is 2.17. The Balaban J connectivity index is 0.00000169. The van der Waals surface area contributed by atoms with Crippen molar-refractivity contribution in [2.45, 2.75) is 40.0 Å². The second kappa shape index (κ2) is 6.58. The Morgan fingerprint density at radius 3 is 1.93 bits per heavy atom. The van der Waals surface area contributed by atoms with Crippen LogP contribution in [0.15, 0.2) is 12.1 Å². The van der Waals surface area contributed by atoms with Gasteiger partial charge in [0.2, 0.25) is 0 Å². The van der Waals surface area contributed by atoms with Crippen LogP contribution in [0.1, 0.15) is 37.5 Å². The third-order valence-electron chi connectivity index (χ3n) is 2.65. The molecule has 1 unspecified atom stereocenters. The molecule has 0 saturated carbocycles. The maximum atomic E-state index is 2.84. The highest BCUT2D eigenvalue weighted by atomic mass is 79.9. The van der Waals surface area contributed by atoms with Crippen LogP contribution in [0.4, 0.5) is 0 Å². The molecule has 0 aliphatic carbocycles. The van der Waals surface area contributed by atoms with Gasteiger partial charge in [-0.2, -0.15) is 0 Å². The van der Waals surface area contributed by atoms with Gasteiger partial charge < -0.3 is 0 Å². The van der Waals surface area contributed by atoms with Crippen LogP contribution in [0.2, 0.25) is 0 Å². The van der Waals surface area contributed by atoms with Crippen LogP contribution >= 0.6 is 26.2 Å². The van der Waals surface area contributed by atoms with Crippen LogP contribution in [0, 0.1) is 0 Å². The quantitative estimate of drug-likeness (QED) is 0.741. The minimum absolute atomic E-state index is 0. The minimum atomic E-state index is 0. The third kappa shape index (κ3) is 2.81. The van der Waals surface area contributed by atoms with Crippen LogP contribution in [-0.4, -0.2) is 0 Å². The first-order valence-corrected chi connectivity index (χ1v) is 5.71. The van der Waals surface area contributed by atoms with E-state index in [-0.39, 0.29) is 17.0 Å². The van der Waals surface area contributed by atoms with Gasteiger partial charge in [0.25, 0.3) is 0 Å². The molecular weight excluding hydrogens is 255 g/mol. The van der Waals surface area contributed by atoms with Gasteiger partial charge in [-0.1, -0.05) is 32.9 Å². The monoisotopic (exact) mass is 274 g/mol. The lowest BCUT2D eigenvalue weighted by Gasteiger charge is -2.13. The van der Waals surface area contributed by atoms with Gasteiger partial charge in [0.05, 0.1) is 0 Å². The first-order valence-electron chi connectivity index (χ1n) is 5.13. The lowest BCUT2D eigenvalue weighted by atomic mass is 9.96. The molecule has 1 aromatic carbocycles. The lowest BCUT2D eigenvalue weighted by molar-refractivity contribution is 0.989. The van der Waals surface area contributed by atoms with E-state index < -0.39 is 0 Å². The molecule has 0 aliphatic rings. The zero-order valence-corrected chi connectivity index (χ0v) is 12.1. The van der Waals surface area contributed by atoms with Gasteiger partial charge in [-0.3, -0.25) is 0 Å². The summed E-state index contributed by atoms with van der Waals surface area (Å²) >= 11 is 0. The molecule has 0 N–H and O–H groups in total. The molecule has 1 rings (SSSR count).